The van der Waals surface area contributed by atoms with Gasteiger partial charge in [0.2, 0.25) is 0 Å². The Hall–Kier alpha value is -1.38. The maximum absolute atomic E-state index is 11.3. The summed E-state index contributed by atoms with van der Waals surface area (Å²) in [4.78, 5) is 33.3. The zero-order chi connectivity index (χ0) is 14.0. The number of aryl methyl sites for hydroxylation is 1. The molecule has 0 amide bonds. The van der Waals surface area contributed by atoms with E-state index in [9.17, 15) is 9.59 Å². The highest BCUT2D eigenvalue weighted by molar-refractivity contribution is 7.98. The summed E-state index contributed by atoms with van der Waals surface area (Å²) >= 11 is 8.18. The van der Waals surface area contributed by atoms with E-state index < -0.39 is 11.7 Å². The van der Waals surface area contributed by atoms with Gasteiger partial charge in [0.25, 0.3) is 0 Å². The average Bonchev–Trinajstić information content (AvgIpc) is 2.71. The molecule has 0 aromatic carbocycles. The molecule has 9 heteroatoms. The lowest BCUT2D eigenvalue weighted by atomic mass is 10.2. The Bertz CT molecular complexity index is 683. The first-order chi connectivity index (χ1) is 8.97. The van der Waals surface area contributed by atoms with Crippen molar-refractivity contribution in [1.29, 1.82) is 0 Å². The summed E-state index contributed by atoms with van der Waals surface area (Å²) in [5.41, 5.74) is -0.259. The van der Waals surface area contributed by atoms with E-state index in [0.717, 1.165) is 4.88 Å². The summed E-state index contributed by atoms with van der Waals surface area (Å²) in [6.45, 7) is 1.53. The lowest BCUT2D eigenvalue weighted by molar-refractivity contribution is 0.0690. The number of thiazole rings is 1. The second kappa shape index (κ2) is 5.72. The first-order valence-electron chi connectivity index (χ1n) is 5.04. The minimum Gasteiger partial charge on any atom is -0.478 e. The Balaban J connectivity index is 2.28. The third-order valence-electron chi connectivity index (χ3n) is 2.18. The van der Waals surface area contributed by atoms with Crippen molar-refractivity contribution in [2.45, 2.75) is 17.7 Å². The van der Waals surface area contributed by atoms with Crippen LogP contribution in [0.15, 0.2) is 16.0 Å². The largest absolute Gasteiger partial charge is 0.478 e. The molecule has 0 spiro atoms. The molecule has 0 unspecified atom stereocenters. The van der Waals surface area contributed by atoms with Crippen molar-refractivity contribution in [3.8, 4) is 0 Å². The number of H-pyrrole nitrogens is 1. The molecule has 0 bridgehead atoms. The number of carboxylic acids is 1. The molecule has 100 valence electrons. The summed E-state index contributed by atoms with van der Waals surface area (Å²) < 4.78 is 0.420. The van der Waals surface area contributed by atoms with Gasteiger partial charge >= 0.3 is 11.7 Å². The van der Waals surface area contributed by atoms with Crippen molar-refractivity contribution in [2.24, 2.45) is 0 Å². The van der Waals surface area contributed by atoms with Crippen LogP contribution in [0.2, 0.25) is 4.47 Å². The van der Waals surface area contributed by atoms with Crippen LogP contribution in [0, 0.1) is 6.92 Å². The number of nitrogens with one attached hydrogen (secondary N) is 1. The van der Waals surface area contributed by atoms with E-state index >= 15 is 0 Å². The van der Waals surface area contributed by atoms with Gasteiger partial charge in [0.1, 0.15) is 10.6 Å². The smallest absolute Gasteiger partial charge is 0.346 e. The highest BCUT2D eigenvalue weighted by atomic mass is 35.5. The average molecular weight is 318 g/mol. The SMILES string of the molecule is Cc1[nH]c(=O)nc(SCc2cnc(Cl)s2)c1C(=O)O. The third-order valence-corrected chi connectivity index (χ3v) is 4.50. The predicted octanol–water partition coefficient (Wildman–Crippen LogP) is 2.18. The van der Waals surface area contributed by atoms with Gasteiger partial charge in [-0.25, -0.2) is 14.6 Å². The molecule has 0 saturated heterocycles. The number of aromatic nitrogens is 3. The number of rotatable bonds is 4. The molecule has 2 aromatic rings. The fourth-order valence-electron chi connectivity index (χ4n) is 1.41. The lowest BCUT2D eigenvalue weighted by Gasteiger charge is -2.05. The fourth-order valence-corrected chi connectivity index (χ4v) is 3.48. The van der Waals surface area contributed by atoms with E-state index in [-0.39, 0.29) is 16.3 Å². The molecular weight excluding hydrogens is 310 g/mol. The molecule has 0 fully saturated rings. The van der Waals surface area contributed by atoms with Crippen molar-refractivity contribution in [3.63, 3.8) is 0 Å². The van der Waals surface area contributed by atoms with Gasteiger partial charge in [0, 0.05) is 22.5 Å². The number of carboxylic acid groups (broad SMARTS) is 1. The topological polar surface area (TPSA) is 95.9 Å². The number of halogens is 1. The maximum Gasteiger partial charge on any atom is 0.346 e. The molecule has 2 rings (SSSR count). The van der Waals surface area contributed by atoms with Gasteiger partial charge in [-0.3, -0.25) is 0 Å². The Labute approximate surface area is 120 Å². The van der Waals surface area contributed by atoms with E-state index in [1.54, 1.807) is 6.20 Å². The minimum absolute atomic E-state index is 0.0141. The lowest BCUT2D eigenvalue weighted by Crippen LogP contribution is -2.18. The van der Waals surface area contributed by atoms with Gasteiger partial charge in [-0.1, -0.05) is 23.4 Å². The van der Waals surface area contributed by atoms with Gasteiger partial charge in [-0.15, -0.1) is 11.3 Å². The number of aromatic carboxylic acids is 1. The van der Waals surface area contributed by atoms with E-state index in [2.05, 4.69) is 15.0 Å². The Morgan fingerprint density at radius 2 is 2.37 bits per heavy atom. The monoisotopic (exact) mass is 317 g/mol. The first kappa shape index (κ1) is 14.0. The van der Waals surface area contributed by atoms with Gasteiger partial charge < -0.3 is 10.1 Å². The molecule has 2 N–H and O–H groups in total. The standard InChI is InChI=1S/C10H8ClN3O3S2/c1-4-6(8(15)16)7(14-10(17)13-4)18-3-5-2-12-9(11)19-5/h2H,3H2,1H3,(H,15,16)(H,13,14,17). The minimum atomic E-state index is -1.12. The van der Waals surface area contributed by atoms with Crippen LogP contribution in [0.4, 0.5) is 0 Å². The van der Waals surface area contributed by atoms with Crippen LogP contribution in [-0.4, -0.2) is 26.0 Å². The highest BCUT2D eigenvalue weighted by Crippen LogP contribution is 2.28. The van der Waals surface area contributed by atoms with Gasteiger partial charge in [0.15, 0.2) is 4.47 Å². The molecule has 2 heterocycles. The molecule has 2 aromatic heterocycles. The number of aromatic amines is 1. The van der Waals surface area contributed by atoms with Crippen molar-refractivity contribution >= 4 is 40.7 Å². The molecule has 0 radical (unpaired) electrons. The van der Waals surface area contributed by atoms with E-state index in [1.807, 2.05) is 0 Å². The van der Waals surface area contributed by atoms with Crippen LogP contribution in [0.25, 0.3) is 0 Å². The number of thioether (sulfide) groups is 1. The summed E-state index contributed by atoms with van der Waals surface area (Å²) in [7, 11) is 0. The Morgan fingerprint density at radius 3 is 2.95 bits per heavy atom. The number of carbonyl (C=O) groups is 1. The molecule has 0 aliphatic rings. The van der Waals surface area contributed by atoms with Gasteiger partial charge in [-0.2, -0.15) is 4.98 Å². The summed E-state index contributed by atoms with van der Waals surface area (Å²) in [5, 5.41) is 9.33. The Kier molecular flexibility index (Phi) is 4.23. The maximum atomic E-state index is 11.3. The van der Waals surface area contributed by atoms with E-state index in [1.165, 1.54) is 30.0 Å². The predicted molar refractivity (Wildman–Crippen MR) is 73.2 cm³/mol. The van der Waals surface area contributed by atoms with Crippen LogP contribution >= 0.6 is 34.7 Å². The molecule has 0 atom stereocenters. The number of nitrogens with zero attached hydrogens (tertiary/aromatic N) is 2. The molecule has 0 aliphatic heterocycles. The van der Waals surface area contributed by atoms with Crippen LogP contribution in [0.3, 0.4) is 0 Å². The molecule has 6 nitrogen and oxygen atoms in total. The summed E-state index contributed by atoms with van der Waals surface area (Å²) in [5.74, 6) is -0.660. The molecule has 0 aliphatic carbocycles. The van der Waals surface area contributed by atoms with Crippen molar-refractivity contribution in [2.75, 3.05) is 0 Å². The highest BCUT2D eigenvalue weighted by Gasteiger charge is 2.17. The molecule has 0 saturated carbocycles. The summed E-state index contributed by atoms with van der Waals surface area (Å²) in [6, 6.07) is 0. The molecule has 19 heavy (non-hydrogen) atoms. The van der Waals surface area contributed by atoms with Crippen LogP contribution < -0.4 is 5.69 Å². The zero-order valence-electron chi connectivity index (χ0n) is 9.64. The second-order valence-electron chi connectivity index (χ2n) is 3.52. The fraction of sp³-hybridized carbons (Fsp3) is 0.200. The van der Waals surface area contributed by atoms with Crippen LogP contribution in [0.5, 0.6) is 0 Å². The third kappa shape index (κ3) is 3.34. The van der Waals surface area contributed by atoms with Crippen LogP contribution in [0.1, 0.15) is 20.9 Å². The quantitative estimate of drug-likeness (QED) is 0.663. The normalized spacial score (nSPS) is 10.6. The first-order valence-corrected chi connectivity index (χ1v) is 7.22. The Morgan fingerprint density at radius 1 is 1.63 bits per heavy atom. The van der Waals surface area contributed by atoms with Gasteiger partial charge in [0.05, 0.1) is 0 Å². The number of hydrogen-bond donors (Lipinski definition) is 2. The second-order valence-corrected chi connectivity index (χ2v) is 6.18. The van der Waals surface area contributed by atoms with E-state index in [4.69, 9.17) is 16.7 Å². The van der Waals surface area contributed by atoms with Crippen molar-refractivity contribution in [3.05, 3.63) is 37.3 Å². The number of hydrogen-bond acceptors (Lipinski definition) is 6. The van der Waals surface area contributed by atoms with E-state index in [0.29, 0.717) is 10.2 Å². The van der Waals surface area contributed by atoms with Crippen molar-refractivity contribution in [1.82, 2.24) is 15.0 Å². The van der Waals surface area contributed by atoms with Crippen LogP contribution in [-0.2, 0) is 5.75 Å². The van der Waals surface area contributed by atoms with Gasteiger partial charge in [-0.05, 0) is 6.92 Å². The molecular formula is C10H8ClN3O3S2. The summed E-state index contributed by atoms with van der Waals surface area (Å²) in [6.07, 6.45) is 1.61. The zero-order valence-corrected chi connectivity index (χ0v) is 12.0. The van der Waals surface area contributed by atoms with Crippen molar-refractivity contribution < 1.29 is 9.90 Å².